The van der Waals surface area contributed by atoms with Gasteiger partial charge in [-0.2, -0.15) is 0 Å². The lowest BCUT2D eigenvalue weighted by molar-refractivity contribution is 0.0512. The first-order valence-electron chi connectivity index (χ1n) is 5.06. The van der Waals surface area contributed by atoms with E-state index < -0.39 is 5.97 Å². The molecule has 0 bridgehead atoms. The van der Waals surface area contributed by atoms with Crippen molar-refractivity contribution in [3.8, 4) is 0 Å². The molecule has 0 aromatic carbocycles. The van der Waals surface area contributed by atoms with Crippen LogP contribution in [0.2, 0.25) is 0 Å². The van der Waals surface area contributed by atoms with Gasteiger partial charge in [-0.15, -0.1) is 5.10 Å². The van der Waals surface area contributed by atoms with E-state index in [0.717, 1.165) is 0 Å². The summed E-state index contributed by atoms with van der Waals surface area (Å²) >= 11 is 0. The number of H-pyrrole nitrogens is 1. The first-order valence-corrected chi connectivity index (χ1v) is 5.06. The van der Waals surface area contributed by atoms with Crippen molar-refractivity contribution in [2.45, 2.75) is 13.5 Å². The Labute approximate surface area is 93.5 Å². The number of aromatic nitrogens is 3. The van der Waals surface area contributed by atoms with E-state index in [1.54, 1.807) is 14.0 Å². The van der Waals surface area contributed by atoms with Crippen LogP contribution in [0.25, 0.3) is 0 Å². The van der Waals surface area contributed by atoms with E-state index in [1.165, 1.54) is 0 Å². The maximum Gasteiger partial charge on any atom is 0.378 e. The summed E-state index contributed by atoms with van der Waals surface area (Å²) in [5, 5.41) is 9.48. The number of aromatic amines is 1. The fourth-order valence-electron chi connectivity index (χ4n) is 1.04. The van der Waals surface area contributed by atoms with E-state index in [1.807, 2.05) is 0 Å². The number of hydrogen-bond acceptors (Lipinski definition) is 6. The molecule has 0 atom stereocenters. The number of ether oxygens (including phenoxy) is 2. The third kappa shape index (κ3) is 3.95. The summed E-state index contributed by atoms with van der Waals surface area (Å²) in [4.78, 5) is 15.2. The molecule has 0 aliphatic carbocycles. The Balaban J connectivity index is 2.36. The highest BCUT2D eigenvalue weighted by Gasteiger charge is 2.12. The Bertz CT molecular complexity index is 326. The summed E-state index contributed by atoms with van der Waals surface area (Å²) in [6.45, 7) is 3.90. The predicted molar refractivity (Wildman–Crippen MR) is 55.9 cm³/mol. The number of hydrogen-bond donors (Lipinski definition) is 2. The topological polar surface area (TPSA) is 89.1 Å². The molecule has 0 amide bonds. The van der Waals surface area contributed by atoms with Crippen molar-refractivity contribution < 1.29 is 14.3 Å². The molecular weight excluding hydrogens is 212 g/mol. The van der Waals surface area contributed by atoms with Crippen LogP contribution in [0, 0.1) is 0 Å². The molecule has 0 unspecified atom stereocenters. The number of rotatable bonds is 7. The smallest absolute Gasteiger partial charge is 0.378 e. The average molecular weight is 228 g/mol. The van der Waals surface area contributed by atoms with E-state index in [4.69, 9.17) is 9.47 Å². The van der Waals surface area contributed by atoms with Crippen LogP contribution in [0.3, 0.4) is 0 Å². The molecule has 1 heterocycles. The standard InChI is InChI=1S/C9H16N4O3/c1-3-16-9(14)8-11-7(12-13-8)6-10-4-5-15-2/h10H,3-6H2,1-2H3,(H,11,12,13). The Morgan fingerprint density at radius 2 is 2.38 bits per heavy atom. The highest BCUT2D eigenvalue weighted by Crippen LogP contribution is 1.95. The number of methoxy groups -OCH3 is 1. The highest BCUT2D eigenvalue weighted by molar-refractivity contribution is 5.84. The van der Waals surface area contributed by atoms with Crippen molar-refractivity contribution >= 4 is 5.97 Å². The van der Waals surface area contributed by atoms with E-state index >= 15 is 0 Å². The zero-order valence-electron chi connectivity index (χ0n) is 9.45. The lowest BCUT2D eigenvalue weighted by Gasteiger charge is -1.99. The lowest BCUT2D eigenvalue weighted by atomic mass is 10.5. The quantitative estimate of drug-likeness (QED) is 0.492. The van der Waals surface area contributed by atoms with Crippen molar-refractivity contribution in [2.75, 3.05) is 26.9 Å². The summed E-state index contributed by atoms with van der Waals surface area (Å²) < 4.78 is 9.63. The van der Waals surface area contributed by atoms with Gasteiger partial charge >= 0.3 is 5.97 Å². The second-order valence-electron chi connectivity index (χ2n) is 3.00. The van der Waals surface area contributed by atoms with Crippen LogP contribution in [-0.4, -0.2) is 48.0 Å². The Hall–Kier alpha value is -1.47. The monoisotopic (exact) mass is 228 g/mol. The largest absolute Gasteiger partial charge is 0.460 e. The van der Waals surface area contributed by atoms with Gasteiger partial charge in [0.1, 0.15) is 5.82 Å². The van der Waals surface area contributed by atoms with Crippen molar-refractivity contribution in [3.05, 3.63) is 11.6 Å². The van der Waals surface area contributed by atoms with E-state index in [0.29, 0.717) is 32.1 Å². The summed E-state index contributed by atoms with van der Waals surface area (Å²) in [6, 6.07) is 0. The first-order chi connectivity index (χ1) is 7.77. The molecule has 7 heteroatoms. The normalized spacial score (nSPS) is 10.4. The van der Waals surface area contributed by atoms with E-state index in [9.17, 15) is 4.79 Å². The van der Waals surface area contributed by atoms with Crippen LogP contribution < -0.4 is 5.32 Å². The minimum absolute atomic E-state index is 0.0605. The Morgan fingerprint density at radius 3 is 3.06 bits per heavy atom. The molecule has 1 aromatic heterocycles. The molecule has 0 spiro atoms. The molecular formula is C9H16N4O3. The maximum absolute atomic E-state index is 11.2. The molecule has 16 heavy (non-hydrogen) atoms. The Morgan fingerprint density at radius 1 is 1.56 bits per heavy atom. The Kier molecular flexibility index (Phi) is 5.44. The first kappa shape index (κ1) is 12.6. The molecule has 0 aliphatic rings. The molecule has 1 aromatic rings. The van der Waals surface area contributed by atoms with Crippen molar-refractivity contribution in [3.63, 3.8) is 0 Å². The summed E-state index contributed by atoms with van der Waals surface area (Å²) in [5.74, 6) is 0.145. The van der Waals surface area contributed by atoms with Crippen molar-refractivity contribution in [2.24, 2.45) is 0 Å². The molecule has 90 valence electrons. The van der Waals surface area contributed by atoms with Crippen LogP contribution in [0.1, 0.15) is 23.4 Å². The van der Waals surface area contributed by atoms with Crippen LogP contribution in [0.15, 0.2) is 0 Å². The third-order valence-corrected chi connectivity index (χ3v) is 1.77. The molecule has 7 nitrogen and oxygen atoms in total. The van der Waals surface area contributed by atoms with Gasteiger partial charge in [0.2, 0.25) is 0 Å². The molecule has 0 saturated heterocycles. The van der Waals surface area contributed by atoms with E-state index in [-0.39, 0.29) is 5.82 Å². The number of carbonyl (C=O) groups is 1. The zero-order chi connectivity index (χ0) is 11.8. The van der Waals surface area contributed by atoms with E-state index in [2.05, 4.69) is 20.5 Å². The predicted octanol–water partition coefficient (Wildman–Crippen LogP) is -0.283. The number of esters is 1. The molecule has 0 aliphatic heterocycles. The molecule has 0 fully saturated rings. The minimum atomic E-state index is -0.512. The minimum Gasteiger partial charge on any atom is -0.460 e. The van der Waals surface area contributed by atoms with Gasteiger partial charge < -0.3 is 14.8 Å². The van der Waals surface area contributed by atoms with Gasteiger partial charge in [-0.05, 0) is 6.92 Å². The molecule has 0 saturated carbocycles. The highest BCUT2D eigenvalue weighted by atomic mass is 16.5. The summed E-state index contributed by atoms with van der Waals surface area (Å²) in [7, 11) is 1.63. The second kappa shape index (κ2) is 6.91. The van der Waals surface area contributed by atoms with Crippen LogP contribution in [0.4, 0.5) is 0 Å². The lowest BCUT2D eigenvalue weighted by Crippen LogP contribution is -2.19. The van der Waals surface area contributed by atoms with Gasteiger partial charge in [0.25, 0.3) is 5.82 Å². The number of nitrogens with one attached hydrogen (secondary N) is 2. The SMILES string of the molecule is CCOC(=O)c1n[nH]c(CNCCOC)n1. The van der Waals surface area contributed by atoms with Gasteiger partial charge in [0.15, 0.2) is 0 Å². The summed E-state index contributed by atoms with van der Waals surface area (Å²) in [6.07, 6.45) is 0. The zero-order valence-corrected chi connectivity index (χ0v) is 9.45. The fraction of sp³-hybridized carbons (Fsp3) is 0.667. The molecule has 0 radical (unpaired) electrons. The number of nitrogens with zero attached hydrogens (tertiary/aromatic N) is 2. The average Bonchev–Trinajstić information content (AvgIpc) is 2.73. The summed E-state index contributed by atoms with van der Waals surface area (Å²) in [5.41, 5.74) is 0. The molecule has 1 rings (SSSR count). The van der Waals surface area contributed by atoms with Gasteiger partial charge in [-0.1, -0.05) is 0 Å². The van der Waals surface area contributed by atoms with Gasteiger partial charge in [-0.25, -0.2) is 9.78 Å². The van der Waals surface area contributed by atoms with Crippen LogP contribution in [0.5, 0.6) is 0 Å². The molecule has 2 N–H and O–H groups in total. The maximum atomic E-state index is 11.2. The fourth-order valence-corrected chi connectivity index (χ4v) is 1.04. The number of carbonyl (C=O) groups excluding carboxylic acids is 1. The third-order valence-electron chi connectivity index (χ3n) is 1.77. The van der Waals surface area contributed by atoms with Crippen molar-refractivity contribution in [1.82, 2.24) is 20.5 Å². The van der Waals surface area contributed by atoms with Crippen LogP contribution >= 0.6 is 0 Å². The van der Waals surface area contributed by atoms with Gasteiger partial charge in [-0.3, -0.25) is 5.10 Å². The van der Waals surface area contributed by atoms with Crippen molar-refractivity contribution in [1.29, 1.82) is 0 Å². The van der Waals surface area contributed by atoms with Crippen LogP contribution in [-0.2, 0) is 16.0 Å². The second-order valence-corrected chi connectivity index (χ2v) is 3.00. The van der Waals surface area contributed by atoms with Gasteiger partial charge in [0, 0.05) is 13.7 Å². The van der Waals surface area contributed by atoms with Gasteiger partial charge in [0.05, 0.1) is 19.8 Å².